The molecule has 1 aromatic heterocycles. The van der Waals surface area contributed by atoms with E-state index in [1.54, 1.807) is 0 Å². The van der Waals surface area contributed by atoms with Gasteiger partial charge in [0.2, 0.25) is 0 Å². The zero-order valence-electron chi connectivity index (χ0n) is 10.4. The van der Waals surface area contributed by atoms with Crippen LogP contribution in [0.3, 0.4) is 0 Å². The molecule has 0 bridgehead atoms. The van der Waals surface area contributed by atoms with Crippen LogP contribution in [0.4, 0.5) is 0 Å². The Kier molecular flexibility index (Phi) is 3.92. The van der Waals surface area contributed by atoms with E-state index < -0.39 is 0 Å². The summed E-state index contributed by atoms with van der Waals surface area (Å²) in [5, 5.41) is 8.12. The highest BCUT2D eigenvalue weighted by Gasteiger charge is 2.18. The lowest BCUT2D eigenvalue weighted by Gasteiger charge is -2.26. The second-order valence-electron chi connectivity index (χ2n) is 4.62. The van der Waals surface area contributed by atoms with Gasteiger partial charge in [-0.25, -0.2) is 0 Å². The van der Waals surface area contributed by atoms with E-state index in [0.717, 1.165) is 5.69 Å². The zero-order chi connectivity index (χ0) is 11.5. The quantitative estimate of drug-likeness (QED) is 0.877. The minimum absolute atomic E-state index is 0.418. The number of nitrogens with zero attached hydrogens (tertiary/aromatic N) is 2. The Hall–Kier alpha value is -0.480. The van der Waals surface area contributed by atoms with E-state index in [1.165, 1.54) is 29.9 Å². The first-order valence-electron chi connectivity index (χ1n) is 6.00. The maximum atomic E-state index is 4.40. The summed E-state index contributed by atoms with van der Waals surface area (Å²) in [7, 11) is 1.99. The maximum absolute atomic E-state index is 4.40. The van der Waals surface area contributed by atoms with Gasteiger partial charge in [0.25, 0.3) is 0 Å². The Labute approximate surface area is 102 Å². The zero-order valence-corrected chi connectivity index (χ0v) is 11.2. The van der Waals surface area contributed by atoms with E-state index in [1.807, 2.05) is 11.7 Å². The summed E-state index contributed by atoms with van der Waals surface area (Å²) >= 11 is 2.07. The van der Waals surface area contributed by atoms with Crippen LogP contribution in [0.5, 0.6) is 0 Å². The molecule has 0 aliphatic carbocycles. The van der Waals surface area contributed by atoms with Crippen molar-refractivity contribution in [3.63, 3.8) is 0 Å². The number of rotatable bonds is 3. The van der Waals surface area contributed by atoms with E-state index in [-0.39, 0.29) is 0 Å². The fourth-order valence-electron chi connectivity index (χ4n) is 2.35. The van der Waals surface area contributed by atoms with Crippen molar-refractivity contribution < 1.29 is 0 Å². The van der Waals surface area contributed by atoms with Crippen LogP contribution in [0, 0.1) is 6.92 Å². The van der Waals surface area contributed by atoms with Gasteiger partial charge in [0.1, 0.15) is 0 Å². The molecule has 1 atom stereocenters. The van der Waals surface area contributed by atoms with Crippen LogP contribution in [0.15, 0.2) is 6.20 Å². The molecular formula is C12H21N3S. The number of nitrogens with one attached hydrogen (secondary N) is 1. The summed E-state index contributed by atoms with van der Waals surface area (Å²) in [6, 6.07) is 1.11. The van der Waals surface area contributed by atoms with E-state index in [4.69, 9.17) is 0 Å². The summed E-state index contributed by atoms with van der Waals surface area (Å²) in [5.41, 5.74) is 2.48. The molecular weight excluding hydrogens is 218 g/mol. The molecule has 2 heterocycles. The lowest BCUT2D eigenvalue weighted by atomic mass is 10.1. The molecule has 2 rings (SSSR count). The molecule has 0 amide bonds. The summed E-state index contributed by atoms with van der Waals surface area (Å²) in [5.74, 6) is 2.60. The summed E-state index contributed by atoms with van der Waals surface area (Å²) in [6.45, 7) is 4.33. The molecule has 1 unspecified atom stereocenters. The van der Waals surface area contributed by atoms with Crippen LogP contribution in [0.25, 0.3) is 0 Å². The number of hydrogen-bond acceptors (Lipinski definition) is 3. The first-order valence-corrected chi connectivity index (χ1v) is 7.16. The third kappa shape index (κ3) is 2.80. The molecule has 1 fully saturated rings. The smallest absolute Gasteiger partial charge is 0.0641 e. The van der Waals surface area contributed by atoms with Gasteiger partial charge in [-0.3, -0.25) is 4.68 Å². The van der Waals surface area contributed by atoms with Gasteiger partial charge in [0.15, 0.2) is 0 Å². The van der Waals surface area contributed by atoms with Gasteiger partial charge in [-0.1, -0.05) is 0 Å². The predicted molar refractivity (Wildman–Crippen MR) is 69.8 cm³/mol. The van der Waals surface area contributed by atoms with Crippen molar-refractivity contribution in [3.8, 4) is 0 Å². The number of hydrogen-bond donors (Lipinski definition) is 1. The van der Waals surface area contributed by atoms with Gasteiger partial charge in [-0.05, 0) is 38.2 Å². The van der Waals surface area contributed by atoms with Crippen LogP contribution in [-0.4, -0.2) is 27.3 Å². The molecule has 1 N–H and O–H groups in total. The largest absolute Gasteiger partial charge is 0.307 e. The molecule has 1 saturated heterocycles. The highest BCUT2D eigenvalue weighted by Crippen LogP contribution is 2.21. The van der Waals surface area contributed by atoms with Crippen LogP contribution in [0.1, 0.15) is 37.1 Å². The van der Waals surface area contributed by atoms with Crippen molar-refractivity contribution in [2.75, 3.05) is 11.5 Å². The lowest BCUT2D eigenvalue weighted by Crippen LogP contribution is -2.34. The van der Waals surface area contributed by atoms with Crippen molar-refractivity contribution in [1.29, 1.82) is 0 Å². The standard InChI is InChI=1S/C12H21N3S/c1-9(12-8-15(3)14-10(12)2)13-11-4-6-16-7-5-11/h8-9,11,13H,4-7H2,1-3H3. The third-order valence-corrected chi connectivity index (χ3v) is 4.27. The van der Waals surface area contributed by atoms with Crippen molar-refractivity contribution in [2.45, 2.75) is 38.8 Å². The van der Waals surface area contributed by atoms with Crippen molar-refractivity contribution in [2.24, 2.45) is 7.05 Å². The molecule has 0 spiro atoms. The topological polar surface area (TPSA) is 29.9 Å². The van der Waals surface area contributed by atoms with Crippen LogP contribution >= 0.6 is 11.8 Å². The Balaban J connectivity index is 1.96. The second kappa shape index (κ2) is 5.23. The molecule has 3 nitrogen and oxygen atoms in total. The fraction of sp³-hybridized carbons (Fsp3) is 0.750. The first-order chi connectivity index (χ1) is 7.66. The van der Waals surface area contributed by atoms with Gasteiger partial charge in [-0.2, -0.15) is 16.9 Å². The maximum Gasteiger partial charge on any atom is 0.0641 e. The van der Waals surface area contributed by atoms with Gasteiger partial charge >= 0.3 is 0 Å². The average molecular weight is 239 g/mol. The van der Waals surface area contributed by atoms with E-state index in [0.29, 0.717) is 12.1 Å². The Morgan fingerprint density at radius 1 is 1.50 bits per heavy atom. The van der Waals surface area contributed by atoms with Crippen LogP contribution in [-0.2, 0) is 7.05 Å². The van der Waals surface area contributed by atoms with Crippen molar-refractivity contribution in [3.05, 3.63) is 17.5 Å². The molecule has 0 radical (unpaired) electrons. The molecule has 16 heavy (non-hydrogen) atoms. The number of thioether (sulfide) groups is 1. The highest BCUT2D eigenvalue weighted by atomic mass is 32.2. The van der Waals surface area contributed by atoms with E-state index in [2.05, 4.69) is 42.2 Å². The predicted octanol–water partition coefficient (Wildman–Crippen LogP) is 2.27. The molecule has 0 saturated carbocycles. The van der Waals surface area contributed by atoms with Crippen molar-refractivity contribution >= 4 is 11.8 Å². The van der Waals surface area contributed by atoms with Gasteiger partial charge in [-0.15, -0.1) is 0 Å². The molecule has 90 valence electrons. The Bertz CT molecular complexity index is 342. The van der Waals surface area contributed by atoms with Gasteiger partial charge < -0.3 is 5.32 Å². The highest BCUT2D eigenvalue weighted by molar-refractivity contribution is 7.99. The molecule has 1 aliphatic rings. The van der Waals surface area contributed by atoms with Crippen LogP contribution < -0.4 is 5.32 Å². The van der Waals surface area contributed by atoms with Gasteiger partial charge in [0, 0.05) is 30.9 Å². The average Bonchev–Trinajstić information content (AvgIpc) is 2.59. The number of aryl methyl sites for hydroxylation is 2. The minimum Gasteiger partial charge on any atom is -0.307 e. The lowest BCUT2D eigenvalue weighted by molar-refractivity contribution is 0.430. The normalized spacial score (nSPS) is 19.9. The van der Waals surface area contributed by atoms with Crippen LogP contribution in [0.2, 0.25) is 0 Å². The fourth-order valence-corrected chi connectivity index (χ4v) is 3.46. The SMILES string of the molecule is Cc1nn(C)cc1C(C)NC1CCSCC1. The summed E-state index contributed by atoms with van der Waals surface area (Å²) in [6.07, 6.45) is 4.73. The van der Waals surface area contributed by atoms with E-state index >= 15 is 0 Å². The molecule has 4 heteroatoms. The van der Waals surface area contributed by atoms with Gasteiger partial charge in [0.05, 0.1) is 5.69 Å². The molecule has 1 aromatic rings. The minimum atomic E-state index is 0.418. The monoisotopic (exact) mass is 239 g/mol. The molecule has 1 aliphatic heterocycles. The second-order valence-corrected chi connectivity index (χ2v) is 5.84. The third-order valence-electron chi connectivity index (χ3n) is 3.22. The summed E-state index contributed by atoms with van der Waals surface area (Å²) < 4.78 is 1.90. The van der Waals surface area contributed by atoms with Crippen molar-refractivity contribution in [1.82, 2.24) is 15.1 Å². The number of aromatic nitrogens is 2. The Morgan fingerprint density at radius 3 is 2.75 bits per heavy atom. The molecule has 0 aromatic carbocycles. The Morgan fingerprint density at radius 2 is 2.19 bits per heavy atom. The first kappa shape index (κ1) is 12.0. The van der Waals surface area contributed by atoms with E-state index in [9.17, 15) is 0 Å². The summed E-state index contributed by atoms with van der Waals surface area (Å²) in [4.78, 5) is 0.